The van der Waals surface area contributed by atoms with Gasteiger partial charge < -0.3 is 20.1 Å². The Morgan fingerprint density at radius 1 is 1.22 bits per heavy atom. The molecule has 2 heterocycles. The SMILES string of the molecule is COC[C@H](C)NC(=O)C(=O)Nc1c2c(nn1-c1ccc(OC)cc1)CSC2. The van der Waals surface area contributed by atoms with Gasteiger partial charge in [0, 0.05) is 30.2 Å². The number of hydrogen-bond donors (Lipinski definition) is 2. The molecule has 0 radical (unpaired) electrons. The quantitative estimate of drug-likeness (QED) is 0.730. The first-order chi connectivity index (χ1) is 13.0. The monoisotopic (exact) mass is 390 g/mol. The molecule has 0 saturated heterocycles. The second-order valence-electron chi connectivity index (χ2n) is 6.16. The Morgan fingerprint density at radius 2 is 1.96 bits per heavy atom. The third-order valence-corrected chi connectivity index (χ3v) is 5.07. The van der Waals surface area contributed by atoms with Crippen molar-refractivity contribution in [2.24, 2.45) is 0 Å². The highest BCUT2D eigenvalue weighted by atomic mass is 32.2. The molecule has 1 aromatic carbocycles. The van der Waals surface area contributed by atoms with Crippen molar-refractivity contribution in [3.8, 4) is 11.4 Å². The van der Waals surface area contributed by atoms with E-state index in [4.69, 9.17) is 9.47 Å². The van der Waals surface area contributed by atoms with Crippen LogP contribution in [0.15, 0.2) is 24.3 Å². The van der Waals surface area contributed by atoms with E-state index in [0.717, 1.165) is 34.2 Å². The summed E-state index contributed by atoms with van der Waals surface area (Å²) in [6.07, 6.45) is 0. The van der Waals surface area contributed by atoms with E-state index in [1.165, 1.54) is 7.11 Å². The zero-order chi connectivity index (χ0) is 19.4. The lowest BCUT2D eigenvalue weighted by Gasteiger charge is -2.14. The fraction of sp³-hybridized carbons (Fsp3) is 0.389. The summed E-state index contributed by atoms with van der Waals surface area (Å²) in [4.78, 5) is 24.6. The average molecular weight is 390 g/mol. The van der Waals surface area contributed by atoms with Crippen LogP contribution in [0.3, 0.4) is 0 Å². The number of nitrogens with one attached hydrogen (secondary N) is 2. The smallest absolute Gasteiger partial charge is 0.314 e. The zero-order valence-electron chi connectivity index (χ0n) is 15.4. The molecule has 2 N–H and O–H groups in total. The summed E-state index contributed by atoms with van der Waals surface area (Å²) in [6.45, 7) is 2.10. The Morgan fingerprint density at radius 3 is 2.63 bits per heavy atom. The number of aromatic nitrogens is 2. The Hall–Kier alpha value is -2.52. The molecule has 27 heavy (non-hydrogen) atoms. The number of benzene rings is 1. The van der Waals surface area contributed by atoms with Crippen LogP contribution in [-0.2, 0) is 25.8 Å². The van der Waals surface area contributed by atoms with Crippen molar-refractivity contribution in [2.45, 2.75) is 24.5 Å². The lowest BCUT2D eigenvalue weighted by Crippen LogP contribution is -2.42. The number of thioether (sulfide) groups is 1. The minimum Gasteiger partial charge on any atom is -0.497 e. The van der Waals surface area contributed by atoms with E-state index in [2.05, 4.69) is 15.7 Å². The van der Waals surface area contributed by atoms with Gasteiger partial charge in [-0.1, -0.05) is 0 Å². The Labute approximate surface area is 161 Å². The van der Waals surface area contributed by atoms with Crippen molar-refractivity contribution < 1.29 is 19.1 Å². The molecule has 1 aromatic heterocycles. The third-order valence-electron chi connectivity index (χ3n) is 4.10. The average Bonchev–Trinajstić information content (AvgIpc) is 3.24. The zero-order valence-corrected chi connectivity index (χ0v) is 16.3. The molecular weight excluding hydrogens is 368 g/mol. The molecule has 1 aliphatic heterocycles. The molecule has 3 rings (SSSR count). The van der Waals surface area contributed by atoms with E-state index < -0.39 is 11.8 Å². The van der Waals surface area contributed by atoms with Crippen molar-refractivity contribution in [3.63, 3.8) is 0 Å². The molecule has 0 aliphatic carbocycles. The first-order valence-electron chi connectivity index (χ1n) is 8.47. The first kappa shape index (κ1) is 19.2. The van der Waals surface area contributed by atoms with Gasteiger partial charge in [-0.2, -0.15) is 16.9 Å². The molecule has 2 aromatic rings. The van der Waals surface area contributed by atoms with Gasteiger partial charge in [0.2, 0.25) is 0 Å². The van der Waals surface area contributed by atoms with Gasteiger partial charge >= 0.3 is 11.8 Å². The van der Waals surface area contributed by atoms with E-state index in [-0.39, 0.29) is 6.04 Å². The van der Waals surface area contributed by atoms with Gasteiger partial charge in [-0.05, 0) is 31.2 Å². The van der Waals surface area contributed by atoms with Gasteiger partial charge in [0.05, 0.1) is 25.1 Å². The van der Waals surface area contributed by atoms with Crippen molar-refractivity contribution in [1.29, 1.82) is 0 Å². The molecule has 0 saturated carbocycles. The molecule has 0 unspecified atom stereocenters. The largest absolute Gasteiger partial charge is 0.497 e. The van der Waals surface area contributed by atoms with Crippen molar-refractivity contribution >= 4 is 29.4 Å². The topological polar surface area (TPSA) is 94.5 Å². The molecule has 2 amide bonds. The van der Waals surface area contributed by atoms with Crippen LogP contribution in [0.4, 0.5) is 5.82 Å². The third kappa shape index (κ3) is 4.25. The fourth-order valence-corrected chi connectivity index (χ4v) is 3.83. The molecule has 1 aliphatic rings. The standard InChI is InChI=1S/C18H22N4O4S/c1-11(8-25-2)19-17(23)18(24)20-16-14-9-27-10-15(14)21-22(16)12-4-6-13(26-3)7-5-12/h4-7,11H,8-10H2,1-3H3,(H,19,23)(H,20,24)/t11-/m0/s1. The van der Waals surface area contributed by atoms with Crippen LogP contribution in [0.5, 0.6) is 5.75 Å². The number of methoxy groups -OCH3 is 2. The minimum atomic E-state index is -0.729. The molecule has 9 heteroatoms. The van der Waals surface area contributed by atoms with Crippen LogP contribution in [0.2, 0.25) is 0 Å². The normalized spacial score (nSPS) is 13.7. The van der Waals surface area contributed by atoms with E-state index in [1.54, 1.807) is 30.5 Å². The van der Waals surface area contributed by atoms with Gasteiger partial charge in [0.25, 0.3) is 0 Å². The predicted octanol–water partition coefficient (Wildman–Crippen LogP) is 1.72. The maximum Gasteiger partial charge on any atom is 0.314 e. The van der Waals surface area contributed by atoms with Gasteiger partial charge in [-0.15, -0.1) is 0 Å². The summed E-state index contributed by atoms with van der Waals surface area (Å²) in [5.41, 5.74) is 2.64. The van der Waals surface area contributed by atoms with Crippen molar-refractivity contribution in [3.05, 3.63) is 35.5 Å². The number of ether oxygens (including phenoxy) is 2. The van der Waals surface area contributed by atoms with Crippen LogP contribution in [0.1, 0.15) is 18.2 Å². The summed E-state index contributed by atoms with van der Waals surface area (Å²) < 4.78 is 11.8. The van der Waals surface area contributed by atoms with Crippen LogP contribution in [0, 0.1) is 0 Å². The summed E-state index contributed by atoms with van der Waals surface area (Å²) in [7, 11) is 3.14. The van der Waals surface area contributed by atoms with Crippen LogP contribution in [-0.4, -0.2) is 48.5 Å². The van der Waals surface area contributed by atoms with Gasteiger partial charge in [-0.25, -0.2) is 4.68 Å². The Bertz CT molecular complexity index is 835. The molecule has 0 bridgehead atoms. The molecule has 1 atom stereocenters. The number of fused-ring (bicyclic) bond motifs is 1. The second-order valence-corrected chi connectivity index (χ2v) is 7.15. The summed E-state index contributed by atoms with van der Waals surface area (Å²) >= 11 is 1.72. The maximum atomic E-state index is 12.4. The van der Waals surface area contributed by atoms with Gasteiger partial charge in [0.1, 0.15) is 11.6 Å². The second kappa shape index (κ2) is 8.45. The van der Waals surface area contributed by atoms with Gasteiger partial charge in [0.15, 0.2) is 0 Å². The van der Waals surface area contributed by atoms with E-state index in [0.29, 0.717) is 12.4 Å². The van der Waals surface area contributed by atoms with Crippen molar-refractivity contribution in [2.75, 3.05) is 26.1 Å². The molecule has 8 nitrogen and oxygen atoms in total. The Kier molecular flexibility index (Phi) is 6.02. The number of carbonyl (C=O) groups is 2. The van der Waals surface area contributed by atoms with E-state index >= 15 is 0 Å². The predicted molar refractivity (Wildman–Crippen MR) is 103 cm³/mol. The number of anilines is 1. The number of nitrogens with zero attached hydrogens (tertiary/aromatic N) is 2. The number of rotatable bonds is 6. The highest BCUT2D eigenvalue weighted by Gasteiger charge is 2.26. The van der Waals surface area contributed by atoms with Crippen LogP contribution >= 0.6 is 11.8 Å². The molecule has 0 fully saturated rings. The molecule has 144 valence electrons. The summed E-state index contributed by atoms with van der Waals surface area (Å²) in [5.74, 6) is 1.33. The fourth-order valence-electron chi connectivity index (χ4n) is 2.80. The van der Waals surface area contributed by atoms with Crippen LogP contribution in [0.25, 0.3) is 5.69 Å². The van der Waals surface area contributed by atoms with E-state index in [9.17, 15) is 9.59 Å². The summed E-state index contributed by atoms with van der Waals surface area (Å²) in [6, 6.07) is 7.08. The van der Waals surface area contributed by atoms with E-state index in [1.807, 2.05) is 24.3 Å². The summed E-state index contributed by atoms with van der Waals surface area (Å²) in [5, 5.41) is 9.94. The number of carbonyl (C=O) groups excluding carboxylic acids is 2. The highest BCUT2D eigenvalue weighted by molar-refractivity contribution is 7.98. The van der Waals surface area contributed by atoms with Crippen molar-refractivity contribution in [1.82, 2.24) is 15.1 Å². The minimum absolute atomic E-state index is 0.263. The molecule has 0 spiro atoms. The highest BCUT2D eigenvalue weighted by Crippen LogP contribution is 2.36. The lowest BCUT2D eigenvalue weighted by molar-refractivity contribution is -0.136. The molecular formula is C18H22N4O4S. The number of amides is 2. The maximum absolute atomic E-state index is 12.4. The van der Waals surface area contributed by atoms with Gasteiger partial charge in [-0.3, -0.25) is 9.59 Å². The van der Waals surface area contributed by atoms with Crippen LogP contribution < -0.4 is 15.4 Å². The Balaban J connectivity index is 1.84. The number of hydrogen-bond acceptors (Lipinski definition) is 6. The lowest BCUT2D eigenvalue weighted by atomic mass is 10.2. The first-order valence-corrected chi connectivity index (χ1v) is 9.62.